The smallest absolute Gasteiger partial charge is 0.343 e. The standard InChI is InChI=1S/C28H28N4O7S/c1-4-21(33)20-15-40-27(29-20)31-25(35)24(16(2)17-8-6-5-7-9-17)32-26(36)23(30-28(32)37)18-10-12-19(13-11-18)39-14-22(34)38-3/h5-13,15-16,23-24H,4,14H2,1-3H3,(H,30,37)(H,29,31,35). The van der Waals surface area contributed by atoms with Crippen LogP contribution in [-0.2, 0) is 19.1 Å². The molecule has 12 heteroatoms. The van der Waals surface area contributed by atoms with Crippen LogP contribution in [0.3, 0.4) is 0 Å². The highest BCUT2D eigenvalue weighted by atomic mass is 32.1. The highest BCUT2D eigenvalue weighted by molar-refractivity contribution is 7.14. The van der Waals surface area contributed by atoms with Gasteiger partial charge in [-0.1, -0.05) is 56.3 Å². The van der Waals surface area contributed by atoms with Crippen LogP contribution in [0.5, 0.6) is 5.75 Å². The molecule has 0 bridgehead atoms. The molecule has 4 rings (SSSR count). The first-order valence-electron chi connectivity index (χ1n) is 12.5. The molecule has 2 heterocycles. The Morgan fingerprint density at radius 3 is 2.45 bits per heavy atom. The van der Waals surface area contributed by atoms with Crippen LogP contribution >= 0.6 is 11.3 Å². The molecule has 1 fully saturated rings. The number of esters is 1. The van der Waals surface area contributed by atoms with E-state index in [1.165, 1.54) is 7.11 Å². The lowest BCUT2D eigenvalue weighted by molar-refractivity contribution is -0.142. The van der Waals surface area contributed by atoms with E-state index in [4.69, 9.17) is 4.74 Å². The van der Waals surface area contributed by atoms with Crippen molar-refractivity contribution in [2.75, 3.05) is 19.0 Å². The van der Waals surface area contributed by atoms with Crippen LogP contribution < -0.4 is 15.4 Å². The molecule has 40 heavy (non-hydrogen) atoms. The maximum absolute atomic E-state index is 13.6. The molecule has 208 valence electrons. The number of hydrogen-bond donors (Lipinski definition) is 2. The Bertz CT molecular complexity index is 1410. The van der Waals surface area contributed by atoms with Gasteiger partial charge in [-0.2, -0.15) is 0 Å². The number of rotatable bonds is 11. The molecular weight excluding hydrogens is 536 g/mol. The van der Waals surface area contributed by atoms with E-state index < -0.39 is 41.8 Å². The normalized spacial score (nSPS) is 16.2. The van der Waals surface area contributed by atoms with Crippen LogP contribution in [0.4, 0.5) is 9.93 Å². The molecule has 0 aliphatic carbocycles. The van der Waals surface area contributed by atoms with E-state index in [2.05, 4.69) is 20.4 Å². The van der Waals surface area contributed by atoms with Crippen LogP contribution in [0, 0.1) is 0 Å². The molecule has 3 atom stereocenters. The highest BCUT2D eigenvalue weighted by Crippen LogP contribution is 2.32. The summed E-state index contributed by atoms with van der Waals surface area (Å²) in [4.78, 5) is 68.9. The molecule has 3 unspecified atom stereocenters. The maximum Gasteiger partial charge on any atom is 0.343 e. The first kappa shape index (κ1) is 28.4. The van der Waals surface area contributed by atoms with E-state index in [0.717, 1.165) is 21.8 Å². The van der Waals surface area contributed by atoms with Crippen molar-refractivity contribution in [2.45, 2.75) is 38.3 Å². The molecule has 1 aromatic heterocycles. The van der Waals surface area contributed by atoms with Crippen LogP contribution in [0.15, 0.2) is 60.0 Å². The Labute approximate surface area is 234 Å². The zero-order chi connectivity index (χ0) is 28.8. The van der Waals surface area contributed by atoms with Gasteiger partial charge >= 0.3 is 12.0 Å². The van der Waals surface area contributed by atoms with Crippen molar-refractivity contribution in [1.29, 1.82) is 0 Å². The van der Waals surface area contributed by atoms with E-state index >= 15 is 0 Å². The summed E-state index contributed by atoms with van der Waals surface area (Å²) in [6, 6.07) is 12.4. The molecule has 0 radical (unpaired) electrons. The summed E-state index contributed by atoms with van der Waals surface area (Å²) in [5.74, 6) is -2.11. The van der Waals surface area contributed by atoms with Crippen LogP contribution in [0.25, 0.3) is 0 Å². The lowest BCUT2D eigenvalue weighted by Crippen LogP contribution is -2.50. The first-order valence-corrected chi connectivity index (χ1v) is 13.4. The van der Waals surface area contributed by atoms with Gasteiger partial charge in [0.15, 0.2) is 17.5 Å². The number of aromatic nitrogens is 1. The topological polar surface area (TPSA) is 144 Å². The number of nitrogens with zero attached hydrogens (tertiary/aromatic N) is 2. The number of methoxy groups -OCH3 is 1. The minimum Gasteiger partial charge on any atom is -0.482 e. The average molecular weight is 565 g/mol. The van der Waals surface area contributed by atoms with Crippen molar-refractivity contribution in [3.63, 3.8) is 0 Å². The summed E-state index contributed by atoms with van der Waals surface area (Å²) in [5.41, 5.74) is 1.46. The number of anilines is 1. The van der Waals surface area contributed by atoms with Crippen molar-refractivity contribution in [2.24, 2.45) is 0 Å². The molecule has 1 aliphatic heterocycles. The molecular formula is C28H28N4O7S. The van der Waals surface area contributed by atoms with Crippen LogP contribution in [-0.4, -0.2) is 59.2 Å². The van der Waals surface area contributed by atoms with Gasteiger partial charge in [0.05, 0.1) is 7.11 Å². The van der Waals surface area contributed by atoms with Crippen molar-refractivity contribution in [3.8, 4) is 5.75 Å². The van der Waals surface area contributed by atoms with E-state index in [-0.39, 0.29) is 29.6 Å². The monoisotopic (exact) mass is 564 g/mol. The Kier molecular flexibility index (Phi) is 8.90. The fourth-order valence-electron chi connectivity index (χ4n) is 4.27. The van der Waals surface area contributed by atoms with E-state index in [0.29, 0.717) is 11.3 Å². The third-order valence-corrected chi connectivity index (χ3v) is 7.21. The molecule has 1 saturated heterocycles. The van der Waals surface area contributed by atoms with E-state index in [9.17, 15) is 24.0 Å². The van der Waals surface area contributed by atoms with E-state index in [1.54, 1.807) is 43.5 Å². The SMILES string of the molecule is CCC(=O)c1csc(NC(=O)C(C(C)c2ccccc2)N2C(=O)NC(c3ccc(OCC(=O)OC)cc3)C2=O)n1. The van der Waals surface area contributed by atoms with Crippen molar-refractivity contribution in [3.05, 3.63) is 76.8 Å². The number of Topliss-reactive ketones (excluding diaryl/α,β-unsaturated/α-hetero) is 1. The largest absolute Gasteiger partial charge is 0.482 e. The van der Waals surface area contributed by atoms with Gasteiger partial charge in [0.2, 0.25) is 5.91 Å². The molecule has 2 aromatic carbocycles. The minimum atomic E-state index is -1.21. The van der Waals surface area contributed by atoms with Crippen molar-refractivity contribution in [1.82, 2.24) is 15.2 Å². The van der Waals surface area contributed by atoms with E-state index in [1.807, 2.05) is 30.3 Å². The summed E-state index contributed by atoms with van der Waals surface area (Å²) in [7, 11) is 1.25. The zero-order valence-electron chi connectivity index (χ0n) is 22.1. The number of carbonyl (C=O) groups is 5. The maximum atomic E-state index is 13.6. The van der Waals surface area contributed by atoms with Crippen LogP contribution in [0.1, 0.15) is 53.8 Å². The molecule has 0 saturated carbocycles. The van der Waals surface area contributed by atoms with Gasteiger partial charge in [-0.3, -0.25) is 14.4 Å². The first-order chi connectivity index (χ1) is 19.2. The lowest BCUT2D eigenvalue weighted by Gasteiger charge is -2.29. The average Bonchev–Trinajstić information content (AvgIpc) is 3.56. The molecule has 1 aliphatic rings. The third kappa shape index (κ3) is 6.18. The molecule has 11 nitrogen and oxygen atoms in total. The Morgan fingerprint density at radius 1 is 1.10 bits per heavy atom. The number of ketones is 1. The Morgan fingerprint density at radius 2 is 1.80 bits per heavy atom. The predicted octanol–water partition coefficient (Wildman–Crippen LogP) is 3.69. The number of benzene rings is 2. The van der Waals surface area contributed by atoms with Gasteiger partial charge in [0.25, 0.3) is 5.91 Å². The summed E-state index contributed by atoms with van der Waals surface area (Å²) in [5, 5.41) is 7.10. The zero-order valence-corrected chi connectivity index (χ0v) is 22.9. The van der Waals surface area contributed by atoms with Gasteiger partial charge in [0, 0.05) is 17.7 Å². The summed E-state index contributed by atoms with van der Waals surface area (Å²) < 4.78 is 9.89. The quantitative estimate of drug-likeness (QED) is 0.204. The number of amides is 4. The third-order valence-electron chi connectivity index (χ3n) is 6.46. The second-order valence-corrected chi connectivity index (χ2v) is 9.83. The Balaban J connectivity index is 1.59. The number of thiazole rings is 1. The number of hydrogen-bond acceptors (Lipinski definition) is 9. The summed E-state index contributed by atoms with van der Waals surface area (Å²) in [6.45, 7) is 3.20. The highest BCUT2D eigenvalue weighted by Gasteiger charge is 2.47. The molecule has 3 aromatic rings. The second kappa shape index (κ2) is 12.5. The number of urea groups is 1. The van der Waals surface area contributed by atoms with Crippen molar-refractivity contribution < 1.29 is 33.4 Å². The van der Waals surface area contributed by atoms with Gasteiger partial charge < -0.3 is 20.1 Å². The number of nitrogens with one attached hydrogen (secondary N) is 2. The van der Waals surface area contributed by atoms with Gasteiger partial charge in [-0.15, -0.1) is 11.3 Å². The minimum absolute atomic E-state index is 0.162. The molecule has 4 amide bonds. The van der Waals surface area contributed by atoms with Crippen molar-refractivity contribution >= 4 is 46.1 Å². The van der Waals surface area contributed by atoms with Gasteiger partial charge in [0.1, 0.15) is 23.5 Å². The second-order valence-electron chi connectivity index (χ2n) is 8.97. The van der Waals surface area contributed by atoms with Gasteiger partial charge in [-0.25, -0.2) is 19.5 Å². The number of ether oxygens (including phenoxy) is 2. The lowest BCUT2D eigenvalue weighted by atomic mass is 9.91. The molecule has 2 N–H and O–H groups in total. The van der Waals surface area contributed by atoms with Crippen LogP contribution in [0.2, 0.25) is 0 Å². The summed E-state index contributed by atoms with van der Waals surface area (Å²) >= 11 is 1.09. The van der Waals surface area contributed by atoms with Gasteiger partial charge in [-0.05, 0) is 23.3 Å². The summed E-state index contributed by atoms with van der Waals surface area (Å²) in [6.07, 6.45) is 0.271. The molecule has 0 spiro atoms. The fourth-order valence-corrected chi connectivity index (χ4v) is 4.99. The fraction of sp³-hybridized carbons (Fsp3) is 0.286. The Hall–Kier alpha value is -4.58. The predicted molar refractivity (Wildman–Crippen MR) is 146 cm³/mol. The number of carbonyl (C=O) groups excluding carboxylic acids is 5. The number of imide groups is 1.